The number of carboxylic acid groups (broad SMARTS) is 1. The zero-order valence-corrected chi connectivity index (χ0v) is 16.2. The Labute approximate surface area is 156 Å². The number of hydrogen-bond donors (Lipinski definition) is 3. The molecule has 0 amide bonds. The van der Waals surface area contributed by atoms with Crippen molar-refractivity contribution in [3.8, 4) is 0 Å². The van der Waals surface area contributed by atoms with Gasteiger partial charge in [-0.15, -0.1) is 0 Å². The quantitative estimate of drug-likeness (QED) is 0.321. The van der Waals surface area contributed by atoms with E-state index in [1.54, 1.807) is 6.08 Å². The average molecular weight is 371 g/mol. The van der Waals surface area contributed by atoms with Gasteiger partial charge in [0.25, 0.3) is 0 Å². The summed E-state index contributed by atoms with van der Waals surface area (Å²) in [5.74, 6) is -1.94. The zero-order valence-electron chi connectivity index (χ0n) is 16.2. The molecule has 26 heavy (non-hydrogen) atoms. The van der Waals surface area contributed by atoms with E-state index in [9.17, 15) is 24.5 Å². The Kier molecular flexibility index (Phi) is 9.92. The number of hydrogen-bond acceptors (Lipinski definition) is 3. The molecule has 0 aromatic carbocycles. The zero-order chi connectivity index (χ0) is 19.6. The van der Waals surface area contributed by atoms with Gasteiger partial charge in [-0.25, -0.2) is 4.39 Å². The van der Waals surface area contributed by atoms with E-state index in [4.69, 9.17) is 0 Å². The van der Waals surface area contributed by atoms with Gasteiger partial charge in [0.2, 0.25) is 0 Å². The van der Waals surface area contributed by atoms with Crippen LogP contribution in [0.25, 0.3) is 0 Å². The van der Waals surface area contributed by atoms with Gasteiger partial charge in [0, 0.05) is 6.42 Å². The number of aliphatic hydroxyl groups excluding tert-OH is 2. The van der Waals surface area contributed by atoms with E-state index in [0.717, 1.165) is 32.1 Å². The van der Waals surface area contributed by atoms with Gasteiger partial charge >= 0.3 is 5.97 Å². The molecule has 1 aliphatic carbocycles. The van der Waals surface area contributed by atoms with Crippen LogP contribution >= 0.6 is 0 Å². The van der Waals surface area contributed by atoms with Crippen LogP contribution in [0.3, 0.4) is 0 Å². The molecule has 0 saturated heterocycles. The molecule has 0 aliphatic heterocycles. The highest BCUT2D eigenvalue weighted by atomic mass is 19.1. The van der Waals surface area contributed by atoms with Crippen molar-refractivity contribution in [3.05, 3.63) is 24.0 Å². The molecule has 1 rings (SSSR count). The molecule has 0 radical (unpaired) electrons. The summed E-state index contributed by atoms with van der Waals surface area (Å²) < 4.78 is 14.0. The van der Waals surface area contributed by atoms with Crippen molar-refractivity contribution >= 4 is 5.97 Å². The maximum atomic E-state index is 14.0. The van der Waals surface area contributed by atoms with Crippen molar-refractivity contribution in [2.75, 3.05) is 0 Å². The van der Waals surface area contributed by atoms with Gasteiger partial charge in [0.1, 0.15) is 11.9 Å². The normalized spacial score (nSPS) is 21.0. The molecular weight excluding hydrogens is 335 g/mol. The van der Waals surface area contributed by atoms with Crippen molar-refractivity contribution in [1.29, 1.82) is 0 Å². The molecule has 0 heterocycles. The summed E-state index contributed by atoms with van der Waals surface area (Å²) in [5.41, 5.74) is -1.75. The molecule has 0 bridgehead atoms. The summed E-state index contributed by atoms with van der Waals surface area (Å²) in [6.07, 6.45) is 8.59. The highest BCUT2D eigenvalue weighted by Crippen LogP contribution is 2.48. The van der Waals surface area contributed by atoms with Crippen LogP contribution in [0.1, 0.15) is 78.1 Å². The van der Waals surface area contributed by atoms with Crippen molar-refractivity contribution < 1.29 is 24.5 Å². The first-order valence-electron chi connectivity index (χ1n) is 10.0. The van der Waals surface area contributed by atoms with Gasteiger partial charge in [0.15, 0.2) is 5.41 Å². The second kappa shape index (κ2) is 11.4. The lowest BCUT2D eigenvalue weighted by molar-refractivity contribution is -0.161. The standard InChI is InChI=1S/C21H35FO4/c1-3-5-7-13-18(23)21(20(25)26,16-10-8-9-11-16)19(24)15-14-17(22)12-6-4-2/h5,7,15-18,23-24H,3-4,6,8-14H2,1-2H3,(H,25,26)/b7-5-,19-15+/t17?,18-,21-/m1/s1. The highest BCUT2D eigenvalue weighted by molar-refractivity contribution is 5.79. The van der Waals surface area contributed by atoms with E-state index in [-0.39, 0.29) is 24.5 Å². The van der Waals surface area contributed by atoms with Crippen molar-refractivity contribution in [3.63, 3.8) is 0 Å². The van der Waals surface area contributed by atoms with Gasteiger partial charge in [-0.1, -0.05) is 51.7 Å². The number of rotatable bonds is 12. The lowest BCUT2D eigenvalue weighted by atomic mass is 9.67. The lowest BCUT2D eigenvalue weighted by Crippen LogP contribution is -2.49. The first kappa shape index (κ1) is 22.7. The van der Waals surface area contributed by atoms with Gasteiger partial charge in [-0.2, -0.15) is 0 Å². The minimum atomic E-state index is -1.75. The van der Waals surface area contributed by atoms with Gasteiger partial charge in [-0.3, -0.25) is 4.79 Å². The Morgan fingerprint density at radius 2 is 1.85 bits per heavy atom. The molecule has 150 valence electrons. The van der Waals surface area contributed by atoms with E-state index in [1.807, 2.05) is 19.9 Å². The fourth-order valence-corrected chi connectivity index (χ4v) is 3.99. The minimum Gasteiger partial charge on any atom is -0.511 e. The van der Waals surface area contributed by atoms with Crippen LogP contribution in [-0.2, 0) is 4.79 Å². The number of allylic oxidation sites excluding steroid dienone is 2. The van der Waals surface area contributed by atoms with Crippen LogP contribution in [0.5, 0.6) is 0 Å². The van der Waals surface area contributed by atoms with Gasteiger partial charge in [0.05, 0.1) is 6.10 Å². The number of aliphatic carboxylic acids is 1. The third-order valence-corrected chi connectivity index (χ3v) is 5.50. The third-order valence-electron chi connectivity index (χ3n) is 5.50. The molecule has 0 aromatic heterocycles. The van der Waals surface area contributed by atoms with Crippen LogP contribution in [0.15, 0.2) is 24.0 Å². The molecule has 1 saturated carbocycles. The molecule has 3 N–H and O–H groups in total. The monoisotopic (exact) mass is 370 g/mol. The largest absolute Gasteiger partial charge is 0.511 e. The summed E-state index contributed by atoms with van der Waals surface area (Å²) in [4.78, 5) is 12.3. The van der Waals surface area contributed by atoms with Crippen LogP contribution in [0.2, 0.25) is 0 Å². The van der Waals surface area contributed by atoms with Gasteiger partial charge < -0.3 is 15.3 Å². The predicted molar refractivity (Wildman–Crippen MR) is 102 cm³/mol. The van der Waals surface area contributed by atoms with Crippen LogP contribution in [0.4, 0.5) is 4.39 Å². The third kappa shape index (κ3) is 5.57. The topological polar surface area (TPSA) is 77.8 Å². The Hall–Kier alpha value is -1.36. The molecule has 1 fully saturated rings. The Morgan fingerprint density at radius 1 is 1.19 bits per heavy atom. The van der Waals surface area contributed by atoms with Gasteiger partial charge in [-0.05, 0) is 44.1 Å². The number of carboxylic acids is 1. The van der Waals surface area contributed by atoms with Crippen molar-refractivity contribution in [2.45, 2.75) is 90.3 Å². The van der Waals surface area contributed by atoms with Crippen molar-refractivity contribution in [2.24, 2.45) is 11.3 Å². The Morgan fingerprint density at radius 3 is 2.38 bits per heavy atom. The second-order valence-corrected chi connectivity index (χ2v) is 7.35. The number of alkyl halides is 1. The van der Waals surface area contributed by atoms with E-state index in [1.165, 1.54) is 6.08 Å². The summed E-state index contributed by atoms with van der Waals surface area (Å²) >= 11 is 0. The SMILES string of the molecule is CC/C=C\C[C@@H](O)[C@@](C(=O)O)(/C(O)=C\CC(F)CCCC)C1CCCC1. The molecule has 3 atom stereocenters. The fraction of sp³-hybridized carbons (Fsp3) is 0.762. The minimum absolute atomic E-state index is 0.0227. The van der Waals surface area contributed by atoms with E-state index in [0.29, 0.717) is 19.3 Å². The smallest absolute Gasteiger partial charge is 0.320 e. The summed E-state index contributed by atoms with van der Waals surface area (Å²) in [7, 11) is 0. The molecule has 4 nitrogen and oxygen atoms in total. The first-order valence-corrected chi connectivity index (χ1v) is 10.0. The van der Waals surface area contributed by atoms with Crippen LogP contribution < -0.4 is 0 Å². The second-order valence-electron chi connectivity index (χ2n) is 7.35. The summed E-state index contributed by atoms with van der Waals surface area (Å²) in [5, 5.41) is 31.5. The number of aliphatic hydroxyl groups is 2. The highest BCUT2D eigenvalue weighted by Gasteiger charge is 2.55. The molecular formula is C21H35FO4. The molecule has 1 unspecified atom stereocenters. The number of unbranched alkanes of at least 4 members (excludes halogenated alkanes) is 1. The van der Waals surface area contributed by atoms with Crippen LogP contribution in [-0.4, -0.2) is 33.6 Å². The van der Waals surface area contributed by atoms with E-state index < -0.39 is 23.7 Å². The van der Waals surface area contributed by atoms with E-state index in [2.05, 4.69) is 0 Å². The predicted octanol–water partition coefficient (Wildman–Crippen LogP) is 5.33. The maximum Gasteiger partial charge on any atom is 0.320 e. The molecule has 0 spiro atoms. The first-order chi connectivity index (χ1) is 12.4. The number of halogens is 1. The summed E-state index contributed by atoms with van der Waals surface area (Å²) in [6.45, 7) is 3.94. The Balaban J connectivity index is 3.11. The lowest BCUT2D eigenvalue weighted by Gasteiger charge is -2.38. The summed E-state index contributed by atoms with van der Waals surface area (Å²) in [6, 6.07) is 0. The molecule has 5 heteroatoms. The average Bonchev–Trinajstić information content (AvgIpc) is 3.13. The fourth-order valence-electron chi connectivity index (χ4n) is 3.99. The maximum absolute atomic E-state index is 14.0. The number of carbonyl (C=O) groups is 1. The van der Waals surface area contributed by atoms with Crippen LogP contribution in [0, 0.1) is 11.3 Å². The Bertz CT molecular complexity index is 482. The van der Waals surface area contributed by atoms with E-state index >= 15 is 0 Å². The van der Waals surface area contributed by atoms with Crippen molar-refractivity contribution in [1.82, 2.24) is 0 Å². The molecule has 0 aromatic rings. The molecule has 1 aliphatic rings.